The Hall–Kier alpha value is -3.24. The van der Waals surface area contributed by atoms with Crippen LogP contribution in [-0.4, -0.2) is 28.2 Å². The summed E-state index contributed by atoms with van der Waals surface area (Å²) in [6, 6.07) is 15.6. The molecule has 136 valence electrons. The van der Waals surface area contributed by atoms with Crippen molar-refractivity contribution in [3.8, 4) is 22.8 Å². The third kappa shape index (κ3) is 3.66. The zero-order chi connectivity index (χ0) is 18.7. The van der Waals surface area contributed by atoms with Crippen molar-refractivity contribution in [3.05, 3.63) is 66.2 Å². The monoisotopic (exact) mass is 399 g/mol. The molecule has 0 unspecified atom stereocenters. The quantitative estimate of drug-likeness (QED) is 0.513. The van der Waals surface area contributed by atoms with Crippen molar-refractivity contribution in [3.63, 3.8) is 0 Å². The molecule has 8 nitrogen and oxygen atoms in total. The van der Waals surface area contributed by atoms with Gasteiger partial charge in [0, 0.05) is 6.20 Å². The summed E-state index contributed by atoms with van der Waals surface area (Å²) in [5.74, 6) is 1.12. The number of hydrogen-bond donors (Lipinski definition) is 2. The minimum Gasteiger partial charge on any atom is -0.457 e. The standard InChI is InChI=1S/C17H13N5O3S2/c23-27(24,21-16-11-26-22-20-16)15-8-4-7-14(17(15)13-9-10-18-19-13)25-12-5-2-1-3-6-12/h1-11,21H,(H,18,19). The second-order valence-corrected chi connectivity index (χ2v) is 7.67. The highest BCUT2D eigenvalue weighted by molar-refractivity contribution is 7.92. The van der Waals surface area contributed by atoms with Crippen molar-refractivity contribution in [2.24, 2.45) is 0 Å². The number of aromatic nitrogens is 4. The normalized spacial score (nSPS) is 11.3. The molecule has 2 heterocycles. The van der Waals surface area contributed by atoms with Crippen LogP contribution in [0, 0.1) is 0 Å². The number of ether oxygens (including phenoxy) is 1. The molecule has 2 aromatic carbocycles. The van der Waals surface area contributed by atoms with Gasteiger partial charge in [-0.05, 0) is 41.9 Å². The molecular weight excluding hydrogens is 386 g/mol. The lowest BCUT2D eigenvalue weighted by molar-refractivity contribution is 0.482. The highest BCUT2D eigenvalue weighted by Crippen LogP contribution is 2.37. The number of nitrogens with one attached hydrogen (secondary N) is 2. The van der Waals surface area contributed by atoms with E-state index in [1.807, 2.05) is 18.2 Å². The molecule has 2 aromatic heterocycles. The van der Waals surface area contributed by atoms with E-state index in [1.165, 1.54) is 11.4 Å². The van der Waals surface area contributed by atoms with Gasteiger partial charge in [-0.1, -0.05) is 28.8 Å². The maximum atomic E-state index is 13.0. The number of nitrogens with zero attached hydrogens (tertiary/aromatic N) is 3. The van der Waals surface area contributed by atoms with Gasteiger partial charge in [0.15, 0.2) is 5.82 Å². The van der Waals surface area contributed by atoms with E-state index in [-0.39, 0.29) is 10.7 Å². The van der Waals surface area contributed by atoms with Crippen LogP contribution in [-0.2, 0) is 10.0 Å². The molecule has 0 atom stereocenters. The average molecular weight is 399 g/mol. The summed E-state index contributed by atoms with van der Waals surface area (Å²) in [7, 11) is -3.93. The SMILES string of the molecule is O=S(=O)(Nc1csnn1)c1cccc(Oc2ccccc2)c1-c1ccn[nH]1. The summed E-state index contributed by atoms with van der Waals surface area (Å²) in [6.07, 6.45) is 1.54. The molecule has 0 amide bonds. The van der Waals surface area contributed by atoms with Crippen molar-refractivity contribution in [2.75, 3.05) is 4.72 Å². The van der Waals surface area contributed by atoms with Crippen LogP contribution in [0.1, 0.15) is 0 Å². The van der Waals surface area contributed by atoms with Crippen molar-refractivity contribution < 1.29 is 13.2 Å². The maximum absolute atomic E-state index is 13.0. The second kappa shape index (κ2) is 7.17. The molecule has 0 aliphatic rings. The zero-order valence-electron chi connectivity index (χ0n) is 13.7. The molecule has 0 aliphatic heterocycles. The number of rotatable bonds is 6. The van der Waals surface area contributed by atoms with E-state index in [9.17, 15) is 8.42 Å². The van der Waals surface area contributed by atoms with E-state index in [1.54, 1.807) is 36.5 Å². The lowest BCUT2D eigenvalue weighted by Crippen LogP contribution is -2.14. The van der Waals surface area contributed by atoms with Crippen LogP contribution < -0.4 is 9.46 Å². The summed E-state index contributed by atoms with van der Waals surface area (Å²) in [5.41, 5.74) is 0.882. The number of hydrogen-bond acceptors (Lipinski definition) is 7. The lowest BCUT2D eigenvalue weighted by Gasteiger charge is -2.15. The molecule has 0 aliphatic carbocycles. The Morgan fingerprint density at radius 1 is 1.04 bits per heavy atom. The topological polar surface area (TPSA) is 110 Å². The molecule has 0 spiro atoms. The molecule has 27 heavy (non-hydrogen) atoms. The van der Waals surface area contributed by atoms with E-state index in [4.69, 9.17) is 4.74 Å². The molecule has 0 bridgehead atoms. The van der Waals surface area contributed by atoms with Gasteiger partial charge < -0.3 is 4.74 Å². The molecule has 0 saturated heterocycles. The Balaban J connectivity index is 1.83. The number of sulfonamides is 1. The van der Waals surface area contributed by atoms with Crippen LogP contribution in [0.2, 0.25) is 0 Å². The predicted octanol–water partition coefficient (Wildman–Crippen LogP) is 3.52. The predicted molar refractivity (Wildman–Crippen MR) is 101 cm³/mol. The number of para-hydroxylation sites is 1. The fourth-order valence-electron chi connectivity index (χ4n) is 2.50. The molecule has 4 rings (SSSR count). The molecule has 2 N–H and O–H groups in total. The Bertz CT molecular complexity index is 1130. The van der Waals surface area contributed by atoms with E-state index >= 15 is 0 Å². The molecule has 10 heteroatoms. The average Bonchev–Trinajstić information content (AvgIpc) is 3.36. The zero-order valence-corrected chi connectivity index (χ0v) is 15.4. The van der Waals surface area contributed by atoms with Crippen molar-refractivity contribution in [2.45, 2.75) is 4.90 Å². The first-order chi connectivity index (χ1) is 13.1. The molecule has 0 radical (unpaired) electrons. The van der Waals surface area contributed by atoms with Gasteiger partial charge in [0.1, 0.15) is 16.4 Å². The fourth-order valence-corrected chi connectivity index (χ4v) is 4.18. The van der Waals surface area contributed by atoms with Gasteiger partial charge >= 0.3 is 0 Å². The minimum absolute atomic E-state index is 0.0354. The number of aromatic amines is 1. The Morgan fingerprint density at radius 2 is 1.89 bits per heavy atom. The van der Waals surface area contributed by atoms with Crippen LogP contribution in [0.3, 0.4) is 0 Å². The largest absolute Gasteiger partial charge is 0.457 e. The lowest BCUT2D eigenvalue weighted by atomic mass is 10.1. The van der Waals surface area contributed by atoms with Crippen molar-refractivity contribution >= 4 is 27.4 Å². The highest BCUT2D eigenvalue weighted by atomic mass is 32.2. The Morgan fingerprint density at radius 3 is 2.59 bits per heavy atom. The summed E-state index contributed by atoms with van der Waals surface area (Å²) in [6.45, 7) is 0. The Kier molecular flexibility index (Phi) is 4.57. The summed E-state index contributed by atoms with van der Waals surface area (Å²) in [4.78, 5) is 0.0354. The highest BCUT2D eigenvalue weighted by Gasteiger charge is 2.24. The number of H-pyrrole nitrogens is 1. The number of benzene rings is 2. The Labute approximate surface area is 159 Å². The summed E-state index contributed by atoms with van der Waals surface area (Å²) in [5, 5.41) is 12.0. The first-order valence-electron chi connectivity index (χ1n) is 7.79. The van der Waals surface area contributed by atoms with Gasteiger partial charge in [-0.15, -0.1) is 5.10 Å². The van der Waals surface area contributed by atoms with E-state index < -0.39 is 10.0 Å². The summed E-state index contributed by atoms with van der Waals surface area (Å²) < 4.78 is 37.9. The van der Waals surface area contributed by atoms with Gasteiger partial charge in [0.2, 0.25) is 0 Å². The smallest absolute Gasteiger partial charge is 0.263 e. The molecule has 0 saturated carbocycles. The van der Waals surface area contributed by atoms with Crippen LogP contribution >= 0.6 is 11.5 Å². The third-order valence-electron chi connectivity index (χ3n) is 3.62. The molecule has 4 aromatic rings. The van der Waals surface area contributed by atoms with Crippen LogP contribution in [0.15, 0.2) is 71.1 Å². The fraction of sp³-hybridized carbons (Fsp3) is 0. The van der Waals surface area contributed by atoms with Gasteiger partial charge in [0.05, 0.1) is 16.6 Å². The van der Waals surface area contributed by atoms with Gasteiger partial charge in [0.25, 0.3) is 10.0 Å². The van der Waals surface area contributed by atoms with Gasteiger partial charge in [-0.3, -0.25) is 9.82 Å². The van der Waals surface area contributed by atoms with E-state index in [0.29, 0.717) is 22.8 Å². The van der Waals surface area contributed by atoms with Crippen LogP contribution in [0.25, 0.3) is 11.3 Å². The first kappa shape index (κ1) is 17.2. The summed E-state index contributed by atoms with van der Waals surface area (Å²) >= 11 is 1.05. The van der Waals surface area contributed by atoms with Crippen molar-refractivity contribution in [1.29, 1.82) is 0 Å². The van der Waals surface area contributed by atoms with E-state index in [0.717, 1.165) is 11.5 Å². The minimum atomic E-state index is -3.93. The molecular formula is C17H13N5O3S2. The molecule has 0 fully saturated rings. The van der Waals surface area contributed by atoms with Crippen LogP contribution in [0.4, 0.5) is 5.82 Å². The maximum Gasteiger partial charge on any atom is 0.263 e. The first-order valence-corrected chi connectivity index (χ1v) is 10.1. The van der Waals surface area contributed by atoms with Crippen LogP contribution in [0.5, 0.6) is 11.5 Å². The van der Waals surface area contributed by atoms with E-state index in [2.05, 4.69) is 24.5 Å². The van der Waals surface area contributed by atoms with Gasteiger partial charge in [-0.25, -0.2) is 8.42 Å². The van der Waals surface area contributed by atoms with Crippen molar-refractivity contribution in [1.82, 2.24) is 19.8 Å². The number of anilines is 1. The second-order valence-electron chi connectivity index (χ2n) is 5.41. The van der Waals surface area contributed by atoms with Gasteiger partial charge in [-0.2, -0.15) is 5.10 Å². The third-order valence-corrected chi connectivity index (χ3v) is 5.52.